The van der Waals surface area contributed by atoms with Crippen molar-refractivity contribution in [2.45, 2.75) is 18.2 Å². The lowest BCUT2D eigenvalue weighted by atomic mass is 10.2. The summed E-state index contributed by atoms with van der Waals surface area (Å²) >= 11 is 3.09. The number of nitrogens with zero attached hydrogens (tertiary/aromatic N) is 3. The molecule has 0 atom stereocenters. The van der Waals surface area contributed by atoms with E-state index in [-0.39, 0.29) is 24.1 Å². The van der Waals surface area contributed by atoms with Crippen LogP contribution >= 0.6 is 35.5 Å². The van der Waals surface area contributed by atoms with Crippen LogP contribution in [0.3, 0.4) is 0 Å². The number of anilines is 1. The van der Waals surface area contributed by atoms with E-state index in [1.165, 1.54) is 23.5 Å². The van der Waals surface area contributed by atoms with Crippen LogP contribution in [0.5, 0.6) is 0 Å². The number of hydrogen-bond donors (Lipinski definition) is 0. The zero-order chi connectivity index (χ0) is 20.1. The number of carbonyl (C=O) groups is 1. The third-order valence-corrected chi connectivity index (χ3v) is 6.15. The predicted molar refractivity (Wildman–Crippen MR) is 125 cm³/mol. The van der Waals surface area contributed by atoms with E-state index in [1.807, 2.05) is 38.4 Å². The SMILES string of the molecule is CCSc1ccc(C(=O)N(CCCN(C)C)c2nc3ccc(F)cc3s2)cc1.Cl. The Balaban J connectivity index is 0.00000300. The van der Waals surface area contributed by atoms with E-state index in [9.17, 15) is 9.18 Å². The number of carbonyl (C=O) groups excluding carboxylic acids is 1. The summed E-state index contributed by atoms with van der Waals surface area (Å²) in [5.74, 6) is 0.621. The lowest BCUT2D eigenvalue weighted by Gasteiger charge is -2.21. The fourth-order valence-electron chi connectivity index (χ4n) is 2.85. The van der Waals surface area contributed by atoms with Crippen LogP contribution in [0.2, 0.25) is 0 Å². The lowest BCUT2D eigenvalue weighted by molar-refractivity contribution is 0.0986. The molecule has 1 aromatic heterocycles. The van der Waals surface area contributed by atoms with Gasteiger partial charge in [0, 0.05) is 17.0 Å². The average Bonchev–Trinajstić information content (AvgIpc) is 3.08. The van der Waals surface area contributed by atoms with Gasteiger partial charge in [-0.3, -0.25) is 9.69 Å². The first-order chi connectivity index (χ1) is 13.5. The molecule has 1 heterocycles. The normalized spacial score (nSPS) is 10.9. The molecule has 2 aromatic carbocycles. The molecule has 0 unspecified atom stereocenters. The summed E-state index contributed by atoms with van der Waals surface area (Å²) in [6.45, 7) is 3.53. The molecule has 1 amide bonds. The van der Waals surface area contributed by atoms with Crippen LogP contribution < -0.4 is 4.90 Å². The number of rotatable bonds is 8. The van der Waals surface area contributed by atoms with Gasteiger partial charge in [-0.15, -0.1) is 24.2 Å². The van der Waals surface area contributed by atoms with E-state index in [1.54, 1.807) is 22.7 Å². The molecule has 0 saturated heterocycles. The van der Waals surface area contributed by atoms with Crippen molar-refractivity contribution in [3.63, 3.8) is 0 Å². The maximum absolute atomic E-state index is 13.6. The monoisotopic (exact) mass is 453 g/mol. The molecule has 0 aliphatic rings. The highest BCUT2D eigenvalue weighted by Gasteiger charge is 2.21. The van der Waals surface area contributed by atoms with Gasteiger partial charge in [-0.25, -0.2) is 9.37 Å². The number of fused-ring (bicyclic) bond motifs is 1. The largest absolute Gasteiger partial charge is 0.309 e. The summed E-state index contributed by atoms with van der Waals surface area (Å²) in [5.41, 5.74) is 1.34. The number of thioether (sulfide) groups is 1. The number of hydrogen-bond acceptors (Lipinski definition) is 5. The summed E-state index contributed by atoms with van der Waals surface area (Å²) in [5, 5.41) is 0.608. The van der Waals surface area contributed by atoms with E-state index in [2.05, 4.69) is 16.8 Å². The summed E-state index contributed by atoms with van der Waals surface area (Å²) < 4.78 is 14.3. The Hall–Kier alpha value is -1.67. The molecule has 0 saturated carbocycles. The summed E-state index contributed by atoms with van der Waals surface area (Å²) in [4.78, 5) is 22.8. The van der Waals surface area contributed by atoms with Crippen molar-refractivity contribution in [1.82, 2.24) is 9.88 Å². The first kappa shape index (κ1) is 23.6. The molecule has 8 heteroatoms. The Bertz CT molecular complexity index is 947. The third-order valence-electron chi connectivity index (χ3n) is 4.21. The van der Waals surface area contributed by atoms with Gasteiger partial charge in [0.1, 0.15) is 5.82 Å². The molecule has 29 heavy (non-hydrogen) atoms. The van der Waals surface area contributed by atoms with Crippen molar-refractivity contribution < 1.29 is 9.18 Å². The number of aromatic nitrogens is 1. The van der Waals surface area contributed by atoms with Gasteiger partial charge in [-0.2, -0.15) is 0 Å². The van der Waals surface area contributed by atoms with Gasteiger partial charge in [-0.1, -0.05) is 18.3 Å². The summed E-state index contributed by atoms with van der Waals surface area (Å²) in [7, 11) is 4.02. The Morgan fingerprint density at radius 1 is 1.14 bits per heavy atom. The molecule has 156 valence electrons. The second-order valence-corrected chi connectivity index (χ2v) is 9.03. The van der Waals surface area contributed by atoms with Gasteiger partial charge in [0.25, 0.3) is 5.91 Å². The van der Waals surface area contributed by atoms with Crippen LogP contribution in [-0.4, -0.2) is 48.7 Å². The van der Waals surface area contributed by atoms with Gasteiger partial charge in [-0.05, 0) is 75.3 Å². The molecule has 3 rings (SSSR count). The smallest absolute Gasteiger partial charge is 0.260 e. The summed E-state index contributed by atoms with van der Waals surface area (Å²) in [6, 6.07) is 12.2. The number of benzene rings is 2. The van der Waals surface area contributed by atoms with Crippen LogP contribution in [0.25, 0.3) is 10.2 Å². The molecule has 0 aliphatic heterocycles. The Morgan fingerprint density at radius 3 is 2.52 bits per heavy atom. The maximum atomic E-state index is 13.6. The zero-order valence-electron chi connectivity index (χ0n) is 16.7. The minimum absolute atomic E-state index is 0. The van der Waals surface area contributed by atoms with Gasteiger partial charge >= 0.3 is 0 Å². The molecule has 0 N–H and O–H groups in total. The maximum Gasteiger partial charge on any atom is 0.260 e. The van der Waals surface area contributed by atoms with Crippen molar-refractivity contribution in [1.29, 1.82) is 0 Å². The molecule has 0 radical (unpaired) electrons. The van der Waals surface area contributed by atoms with Crippen molar-refractivity contribution in [2.75, 3.05) is 37.8 Å². The average molecular weight is 454 g/mol. The fourth-order valence-corrected chi connectivity index (χ4v) is 4.52. The Labute approximate surface area is 185 Å². The molecule has 0 aliphatic carbocycles. The highest BCUT2D eigenvalue weighted by Crippen LogP contribution is 2.30. The second kappa shape index (κ2) is 10.9. The minimum Gasteiger partial charge on any atom is -0.309 e. The van der Waals surface area contributed by atoms with Gasteiger partial charge in [0.2, 0.25) is 0 Å². The number of amides is 1. The van der Waals surface area contributed by atoms with Crippen LogP contribution in [0.15, 0.2) is 47.4 Å². The van der Waals surface area contributed by atoms with E-state index in [0.29, 0.717) is 22.8 Å². The quantitative estimate of drug-likeness (QED) is 0.418. The molecule has 0 spiro atoms. The third kappa shape index (κ3) is 6.15. The van der Waals surface area contributed by atoms with Crippen LogP contribution in [0.1, 0.15) is 23.7 Å². The summed E-state index contributed by atoms with van der Waals surface area (Å²) in [6.07, 6.45) is 0.826. The topological polar surface area (TPSA) is 36.4 Å². The van der Waals surface area contributed by atoms with Crippen molar-refractivity contribution in [2.24, 2.45) is 0 Å². The first-order valence-electron chi connectivity index (χ1n) is 9.23. The first-order valence-corrected chi connectivity index (χ1v) is 11.0. The fraction of sp³-hybridized carbons (Fsp3) is 0.333. The molecule has 0 fully saturated rings. The number of halogens is 2. The van der Waals surface area contributed by atoms with E-state index in [0.717, 1.165) is 28.3 Å². The van der Waals surface area contributed by atoms with Crippen LogP contribution in [-0.2, 0) is 0 Å². The second-order valence-electron chi connectivity index (χ2n) is 6.68. The molecule has 4 nitrogen and oxygen atoms in total. The van der Waals surface area contributed by atoms with Crippen molar-refractivity contribution in [3.8, 4) is 0 Å². The van der Waals surface area contributed by atoms with Crippen molar-refractivity contribution in [3.05, 3.63) is 53.8 Å². The van der Waals surface area contributed by atoms with Gasteiger partial charge < -0.3 is 4.90 Å². The van der Waals surface area contributed by atoms with Crippen molar-refractivity contribution >= 4 is 56.8 Å². The standard InChI is InChI=1S/C21H24FN3OS2.ClH/c1-4-27-17-9-6-15(7-10-17)20(26)25(13-5-12-24(2)3)21-23-18-11-8-16(22)14-19(18)28-21;/h6-11,14H,4-5,12-13H2,1-3H3;1H. The van der Waals surface area contributed by atoms with Crippen LogP contribution in [0, 0.1) is 5.82 Å². The molecular weight excluding hydrogens is 429 g/mol. The lowest BCUT2D eigenvalue weighted by Crippen LogP contribution is -2.33. The van der Waals surface area contributed by atoms with E-state index in [4.69, 9.17) is 0 Å². The minimum atomic E-state index is -0.294. The number of thiazole rings is 1. The molecular formula is C21H25ClFN3OS2. The predicted octanol–water partition coefficient (Wildman–Crippen LogP) is 5.57. The van der Waals surface area contributed by atoms with Gasteiger partial charge in [0.05, 0.1) is 10.2 Å². The van der Waals surface area contributed by atoms with E-state index < -0.39 is 0 Å². The molecule has 3 aromatic rings. The zero-order valence-corrected chi connectivity index (χ0v) is 19.2. The highest BCUT2D eigenvalue weighted by atomic mass is 35.5. The Kier molecular flexibility index (Phi) is 8.89. The van der Waals surface area contributed by atoms with Crippen LogP contribution in [0.4, 0.5) is 9.52 Å². The van der Waals surface area contributed by atoms with E-state index >= 15 is 0 Å². The van der Waals surface area contributed by atoms with Gasteiger partial charge in [0.15, 0.2) is 5.13 Å². The molecule has 0 bridgehead atoms. The highest BCUT2D eigenvalue weighted by molar-refractivity contribution is 7.99. The Morgan fingerprint density at radius 2 is 1.86 bits per heavy atom.